The van der Waals surface area contributed by atoms with E-state index in [1.165, 1.54) is 30.4 Å². The number of nitro groups is 1. The first-order chi connectivity index (χ1) is 12.9. The van der Waals surface area contributed by atoms with Crippen molar-refractivity contribution in [2.75, 3.05) is 6.61 Å². The maximum Gasteiger partial charge on any atom is 0.355 e. The molecule has 1 amide bonds. The highest BCUT2D eigenvalue weighted by Crippen LogP contribution is 2.16. The number of nitro benzene ring substituents is 1. The van der Waals surface area contributed by atoms with Gasteiger partial charge in [0.05, 0.1) is 4.92 Å². The van der Waals surface area contributed by atoms with Gasteiger partial charge in [-0.25, -0.2) is 4.79 Å². The summed E-state index contributed by atoms with van der Waals surface area (Å²) in [5.41, 5.74) is 0.414. The van der Waals surface area contributed by atoms with Crippen LogP contribution < -0.4 is 5.32 Å². The number of amides is 1. The van der Waals surface area contributed by atoms with Crippen LogP contribution in [-0.2, 0) is 9.53 Å². The predicted octanol–water partition coefficient (Wildman–Crippen LogP) is 3.86. The number of halogens is 1. The molecule has 2 aromatic carbocycles. The van der Waals surface area contributed by atoms with Crippen LogP contribution in [0.5, 0.6) is 0 Å². The summed E-state index contributed by atoms with van der Waals surface area (Å²) in [5.74, 6) is -1.30. The van der Waals surface area contributed by atoms with E-state index in [-0.39, 0.29) is 18.0 Å². The molecule has 0 aromatic heterocycles. The van der Waals surface area contributed by atoms with Crippen molar-refractivity contribution in [1.82, 2.24) is 5.32 Å². The van der Waals surface area contributed by atoms with E-state index in [4.69, 9.17) is 4.74 Å². The largest absolute Gasteiger partial charge is 0.457 e. The number of ether oxygens (including phenoxy) is 1. The van der Waals surface area contributed by atoms with Gasteiger partial charge in [0.15, 0.2) is 0 Å². The standard InChI is InChI=1S/C19H15BrN2O5/c1-2-10-27-19(24)17(12-13-4-3-5-16(11-13)22(25)26)21-18(23)14-6-8-15(20)9-7-14/h2-9,11-12H,1,10H2,(H,21,23)/b17-12-. The Bertz CT molecular complexity index is 907. The monoisotopic (exact) mass is 430 g/mol. The molecule has 0 saturated carbocycles. The van der Waals surface area contributed by atoms with Gasteiger partial charge in [0.2, 0.25) is 0 Å². The van der Waals surface area contributed by atoms with Gasteiger partial charge in [-0.2, -0.15) is 0 Å². The van der Waals surface area contributed by atoms with Crippen molar-refractivity contribution in [1.29, 1.82) is 0 Å². The second-order valence-corrected chi connectivity index (χ2v) is 6.17. The van der Waals surface area contributed by atoms with Gasteiger partial charge in [0, 0.05) is 22.2 Å². The van der Waals surface area contributed by atoms with Crippen LogP contribution in [0.3, 0.4) is 0 Å². The number of carbonyl (C=O) groups excluding carboxylic acids is 2. The molecule has 0 atom stereocenters. The van der Waals surface area contributed by atoms with Crippen molar-refractivity contribution in [2.45, 2.75) is 0 Å². The maximum absolute atomic E-state index is 12.4. The number of nitrogens with one attached hydrogen (secondary N) is 1. The zero-order valence-corrected chi connectivity index (χ0v) is 15.6. The van der Waals surface area contributed by atoms with E-state index in [1.54, 1.807) is 30.3 Å². The van der Waals surface area contributed by atoms with Gasteiger partial charge >= 0.3 is 5.97 Å². The van der Waals surface area contributed by atoms with E-state index in [0.717, 1.165) is 4.47 Å². The second kappa shape index (κ2) is 9.44. The molecule has 0 aliphatic carbocycles. The van der Waals surface area contributed by atoms with Gasteiger partial charge in [-0.1, -0.05) is 40.7 Å². The predicted molar refractivity (Wildman–Crippen MR) is 104 cm³/mol. The van der Waals surface area contributed by atoms with Crippen molar-refractivity contribution >= 4 is 39.6 Å². The van der Waals surface area contributed by atoms with Crippen LogP contribution in [0.25, 0.3) is 6.08 Å². The van der Waals surface area contributed by atoms with Gasteiger partial charge in [0.25, 0.3) is 11.6 Å². The highest BCUT2D eigenvalue weighted by molar-refractivity contribution is 9.10. The molecule has 138 valence electrons. The Morgan fingerprint density at radius 3 is 2.56 bits per heavy atom. The van der Waals surface area contributed by atoms with E-state index in [1.807, 2.05) is 0 Å². The number of nitrogens with zero attached hydrogens (tertiary/aromatic N) is 1. The minimum atomic E-state index is -0.785. The summed E-state index contributed by atoms with van der Waals surface area (Å²) in [5, 5.41) is 13.4. The fourth-order valence-electron chi connectivity index (χ4n) is 2.05. The summed E-state index contributed by atoms with van der Waals surface area (Å²) >= 11 is 3.28. The van der Waals surface area contributed by atoms with Crippen LogP contribution in [-0.4, -0.2) is 23.4 Å². The molecule has 0 saturated heterocycles. The number of carbonyl (C=O) groups is 2. The van der Waals surface area contributed by atoms with E-state index in [2.05, 4.69) is 27.8 Å². The zero-order valence-electron chi connectivity index (χ0n) is 14.1. The number of hydrogen-bond donors (Lipinski definition) is 1. The van der Waals surface area contributed by atoms with Gasteiger partial charge < -0.3 is 10.1 Å². The molecular weight excluding hydrogens is 416 g/mol. The van der Waals surface area contributed by atoms with Crippen LogP contribution >= 0.6 is 15.9 Å². The lowest BCUT2D eigenvalue weighted by Crippen LogP contribution is -2.28. The highest BCUT2D eigenvalue weighted by Gasteiger charge is 2.16. The summed E-state index contributed by atoms with van der Waals surface area (Å²) in [6, 6.07) is 12.2. The lowest BCUT2D eigenvalue weighted by molar-refractivity contribution is -0.384. The van der Waals surface area contributed by atoms with Gasteiger partial charge in [-0.05, 0) is 35.9 Å². The molecule has 0 radical (unpaired) electrons. The fraction of sp³-hybridized carbons (Fsp3) is 0.0526. The normalized spacial score (nSPS) is 10.8. The molecule has 8 heteroatoms. The van der Waals surface area contributed by atoms with Crippen molar-refractivity contribution in [3.8, 4) is 0 Å². The SMILES string of the molecule is C=CCOC(=O)/C(=C/c1cccc([N+](=O)[O-])c1)NC(=O)c1ccc(Br)cc1. The molecule has 7 nitrogen and oxygen atoms in total. The van der Waals surface area contributed by atoms with Crippen LogP contribution in [0, 0.1) is 10.1 Å². The summed E-state index contributed by atoms with van der Waals surface area (Å²) in [6.45, 7) is 3.42. The topological polar surface area (TPSA) is 98.5 Å². The number of non-ortho nitro benzene ring substituents is 1. The average molecular weight is 431 g/mol. The Morgan fingerprint density at radius 1 is 1.22 bits per heavy atom. The molecule has 0 unspecified atom stereocenters. The third-order valence-corrected chi connectivity index (χ3v) is 3.83. The average Bonchev–Trinajstić information content (AvgIpc) is 2.66. The second-order valence-electron chi connectivity index (χ2n) is 5.26. The maximum atomic E-state index is 12.4. The quantitative estimate of drug-likeness (QED) is 0.236. The minimum Gasteiger partial charge on any atom is -0.457 e. The minimum absolute atomic E-state index is 0.0424. The number of rotatable bonds is 7. The van der Waals surface area contributed by atoms with Crippen LogP contribution in [0.15, 0.2) is 71.4 Å². The van der Waals surface area contributed by atoms with E-state index in [0.29, 0.717) is 11.1 Å². The summed E-state index contributed by atoms with van der Waals surface area (Å²) in [7, 11) is 0. The molecule has 0 aliphatic heterocycles. The molecule has 0 spiro atoms. The summed E-state index contributed by atoms with van der Waals surface area (Å²) in [6.07, 6.45) is 2.70. The molecule has 2 rings (SSSR count). The van der Waals surface area contributed by atoms with Gasteiger partial charge in [0.1, 0.15) is 12.3 Å². The first-order valence-corrected chi connectivity index (χ1v) is 8.51. The molecule has 27 heavy (non-hydrogen) atoms. The van der Waals surface area contributed by atoms with Crippen molar-refractivity contribution < 1.29 is 19.2 Å². The fourth-order valence-corrected chi connectivity index (χ4v) is 2.31. The molecule has 0 bridgehead atoms. The van der Waals surface area contributed by atoms with Crippen LogP contribution in [0.2, 0.25) is 0 Å². The Kier molecular flexibility index (Phi) is 7.01. The number of esters is 1. The first kappa shape index (κ1) is 20.1. The first-order valence-electron chi connectivity index (χ1n) is 7.72. The Morgan fingerprint density at radius 2 is 1.93 bits per heavy atom. The molecular formula is C19H15BrN2O5. The Labute approximate surface area is 163 Å². The van der Waals surface area contributed by atoms with Crippen LogP contribution in [0.4, 0.5) is 5.69 Å². The van der Waals surface area contributed by atoms with Crippen molar-refractivity contribution in [3.05, 3.63) is 92.6 Å². The zero-order chi connectivity index (χ0) is 19.8. The third kappa shape index (κ3) is 5.89. The van der Waals surface area contributed by atoms with E-state index < -0.39 is 16.8 Å². The summed E-state index contributed by atoms with van der Waals surface area (Å²) < 4.78 is 5.78. The van der Waals surface area contributed by atoms with E-state index in [9.17, 15) is 19.7 Å². The Hall–Kier alpha value is -3.26. The Balaban J connectivity index is 2.32. The molecule has 2 aromatic rings. The highest BCUT2D eigenvalue weighted by atomic mass is 79.9. The smallest absolute Gasteiger partial charge is 0.355 e. The lowest BCUT2D eigenvalue weighted by atomic mass is 10.1. The molecule has 0 heterocycles. The summed E-state index contributed by atoms with van der Waals surface area (Å²) in [4.78, 5) is 35.0. The molecule has 0 fully saturated rings. The van der Waals surface area contributed by atoms with Crippen LogP contribution in [0.1, 0.15) is 15.9 Å². The molecule has 0 aliphatic rings. The van der Waals surface area contributed by atoms with Crippen molar-refractivity contribution in [2.24, 2.45) is 0 Å². The number of benzene rings is 2. The van der Waals surface area contributed by atoms with E-state index >= 15 is 0 Å². The van der Waals surface area contributed by atoms with Gasteiger partial charge in [-0.3, -0.25) is 14.9 Å². The third-order valence-electron chi connectivity index (χ3n) is 3.30. The molecule has 1 N–H and O–H groups in total. The van der Waals surface area contributed by atoms with Crippen molar-refractivity contribution in [3.63, 3.8) is 0 Å². The van der Waals surface area contributed by atoms with Gasteiger partial charge in [-0.15, -0.1) is 0 Å². The number of hydrogen-bond acceptors (Lipinski definition) is 5. The lowest BCUT2D eigenvalue weighted by Gasteiger charge is -2.10.